The molecule has 1 aliphatic rings. The number of nitrogen functional groups attached to an aromatic ring is 1. The van der Waals surface area contributed by atoms with E-state index in [2.05, 4.69) is 11.8 Å². The van der Waals surface area contributed by atoms with Crippen LogP contribution >= 0.6 is 0 Å². The van der Waals surface area contributed by atoms with E-state index in [1.54, 1.807) is 6.07 Å². The highest BCUT2D eigenvalue weighted by atomic mass is 16.1. The number of carbonyl (C=O) groups is 1. The average Bonchev–Trinajstić information content (AvgIpc) is 2.67. The zero-order valence-corrected chi connectivity index (χ0v) is 14.6. The highest BCUT2D eigenvalue weighted by Crippen LogP contribution is 2.32. The highest BCUT2D eigenvalue weighted by molar-refractivity contribution is 6.01. The van der Waals surface area contributed by atoms with Gasteiger partial charge in [-0.3, -0.25) is 4.79 Å². The Kier molecular flexibility index (Phi) is 5.90. The molecule has 1 atom stereocenters. The van der Waals surface area contributed by atoms with Crippen LogP contribution in [0.15, 0.2) is 54.6 Å². The van der Waals surface area contributed by atoms with Crippen molar-refractivity contribution in [2.45, 2.75) is 38.5 Å². The molecule has 2 heteroatoms. The van der Waals surface area contributed by atoms with Gasteiger partial charge in [-0.25, -0.2) is 0 Å². The van der Waals surface area contributed by atoms with Crippen LogP contribution in [0.4, 0.5) is 5.69 Å². The first-order chi connectivity index (χ1) is 12.2. The Hall–Kier alpha value is -2.53. The SMILES string of the molecule is Nc1ccccc1C(=O)C[C@@H](C#Cc1ccccc1)C1CCCCC1. The van der Waals surface area contributed by atoms with Gasteiger partial charge in [-0.15, -0.1) is 0 Å². The van der Waals surface area contributed by atoms with Crippen LogP contribution in [-0.2, 0) is 0 Å². The Balaban J connectivity index is 1.80. The molecule has 0 spiro atoms. The van der Waals surface area contributed by atoms with Crippen LogP contribution in [0.5, 0.6) is 0 Å². The molecule has 25 heavy (non-hydrogen) atoms. The number of nitrogens with two attached hydrogens (primary N) is 1. The third-order valence-corrected chi connectivity index (χ3v) is 5.06. The van der Waals surface area contributed by atoms with Gasteiger partial charge in [-0.1, -0.05) is 61.4 Å². The molecule has 0 amide bonds. The van der Waals surface area contributed by atoms with E-state index in [-0.39, 0.29) is 11.7 Å². The zero-order valence-electron chi connectivity index (χ0n) is 14.6. The topological polar surface area (TPSA) is 43.1 Å². The number of carbonyl (C=O) groups excluding carboxylic acids is 1. The van der Waals surface area contributed by atoms with Crippen LogP contribution in [0.2, 0.25) is 0 Å². The summed E-state index contributed by atoms with van der Waals surface area (Å²) in [6, 6.07) is 17.4. The molecule has 1 saturated carbocycles. The van der Waals surface area contributed by atoms with Gasteiger partial charge in [0, 0.05) is 29.2 Å². The Labute approximate surface area is 150 Å². The average molecular weight is 331 g/mol. The molecule has 1 fully saturated rings. The first-order valence-corrected chi connectivity index (χ1v) is 9.18. The Morgan fingerprint density at radius 2 is 1.68 bits per heavy atom. The number of ketones is 1. The number of benzene rings is 2. The predicted octanol–water partition coefficient (Wildman–Crippen LogP) is 5.09. The molecule has 0 aliphatic heterocycles. The summed E-state index contributed by atoms with van der Waals surface area (Å²) >= 11 is 0. The molecule has 0 radical (unpaired) electrons. The molecular weight excluding hydrogens is 306 g/mol. The van der Waals surface area contributed by atoms with Crippen LogP contribution < -0.4 is 5.73 Å². The quantitative estimate of drug-likeness (QED) is 0.482. The summed E-state index contributed by atoms with van der Waals surface area (Å²) in [6.45, 7) is 0. The van der Waals surface area contributed by atoms with E-state index >= 15 is 0 Å². The van der Waals surface area contributed by atoms with Crippen molar-refractivity contribution in [3.05, 3.63) is 65.7 Å². The maximum atomic E-state index is 12.8. The van der Waals surface area contributed by atoms with Crippen molar-refractivity contribution >= 4 is 11.5 Å². The van der Waals surface area contributed by atoms with E-state index in [0.717, 1.165) is 5.56 Å². The third kappa shape index (κ3) is 4.73. The van der Waals surface area contributed by atoms with Gasteiger partial charge in [0.05, 0.1) is 0 Å². The van der Waals surface area contributed by atoms with Gasteiger partial charge >= 0.3 is 0 Å². The Morgan fingerprint density at radius 3 is 2.40 bits per heavy atom. The Bertz CT molecular complexity index is 763. The largest absolute Gasteiger partial charge is 0.398 e. The monoisotopic (exact) mass is 331 g/mol. The summed E-state index contributed by atoms with van der Waals surface area (Å²) in [4.78, 5) is 12.8. The maximum absolute atomic E-state index is 12.8. The molecule has 2 nitrogen and oxygen atoms in total. The van der Waals surface area contributed by atoms with E-state index in [1.807, 2.05) is 48.5 Å². The van der Waals surface area contributed by atoms with Crippen LogP contribution in [0.3, 0.4) is 0 Å². The van der Waals surface area contributed by atoms with Crippen molar-refractivity contribution < 1.29 is 4.79 Å². The molecule has 0 aromatic heterocycles. The zero-order chi connectivity index (χ0) is 17.5. The number of hydrogen-bond donors (Lipinski definition) is 1. The van der Waals surface area contributed by atoms with Crippen molar-refractivity contribution in [3.8, 4) is 11.8 Å². The predicted molar refractivity (Wildman–Crippen MR) is 103 cm³/mol. The summed E-state index contributed by atoms with van der Waals surface area (Å²) in [5, 5.41) is 0. The number of rotatable bonds is 4. The van der Waals surface area contributed by atoms with Crippen LogP contribution in [0.1, 0.15) is 54.4 Å². The third-order valence-electron chi connectivity index (χ3n) is 5.06. The number of anilines is 1. The molecule has 0 heterocycles. The van der Waals surface area contributed by atoms with Crippen LogP contribution in [0.25, 0.3) is 0 Å². The number of hydrogen-bond acceptors (Lipinski definition) is 2. The van der Waals surface area contributed by atoms with Crippen LogP contribution in [0, 0.1) is 23.7 Å². The molecule has 2 N–H and O–H groups in total. The molecule has 2 aromatic carbocycles. The lowest BCUT2D eigenvalue weighted by Crippen LogP contribution is -2.20. The fourth-order valence-electron chi connectivity index (χ4n) is 3.63. The van der Waals surface area contributed by atoms with E-state index in [9.17, 15) is 4.79 Å². The lowest BCUT2D eigenvalue weighted by Gasteiger charge is -2.26. The second-order valence-corrected chi connectivity index (χ2v) is 6.85. The minimum Gasteiger partial charge on any atom is -0.398 e. The van der Waals surface area contributed by atoms with Gasteiger partial charge in [0.15, 0.2) is 5.78 Å². The van der Waals surface area contributed by atoms with E-state index < -0.39 is 0 Å². The standard InChI is InChI=1S/C23H25NO/c24-22-14-8-7-13-21(22)23(25)17-20(19-11-5-2-6-12-19)16-15-18-9-3-1-4-10-18/h1,3-4,7-10,13-14,19-20H,2,5-6,11-12,17,24H2/t20-/m1/s1. The summed E-state index contributed by atoms with van der Waals surface area (Å²) in [6.07, 6.45) is 6.59. The molecule has 0 saturated heterocycles. The van der Waals surface area contributed by atoms with Gasteiger partial charge in [0.25, 0.3) is 0 Å². The minimum atomic E-state index is 0.104. The number of Topliss-reactive ketones (excluding diaryl/α,β-unsaturated/α-hetero) is 1. The van der Waals surface area contributed by atoms with Gasteiger partial charge in [0.2, 0.25) is 0 Å². The van der Waals surface area contributed by atoms with Crippen molar-refractivity contribution in [1.29, 1.82) is 0 Å². The summed E-state index contributed by atoms with van der Waals surface area (Å²) in [5.41, 5.74) is 8.18. The van der Waals surface area contributed by atoms with Gasteiger partial charge in [-0.2, -0.15) is 0 Å². The second kappa shape index (κ2) is 8.53. The lowest BCUT2D eigenvalue weighted by atomic mass is 9.77. The Morgan fingerprint density at radius 1 is 1.00 bits per heavy atom. The van der Waals surface area contributed by atoms with Gasteiger partial charge < -0.3 is 5.73 Å². The van der Waals surface area contributed by atoms with Crippen molar-refractivity contribution in [2.24, 2.45) is 11.8 Å². The summed E-state index contributed by atoms with van der Waals surface area (Å²) in [7, 11) is 0. The molecular formula is C23H25NO. The van der Waals surface area contributed by atoms with E-state index in [0.29, 0.717) is 23.6 Å². The molecule has 2 aromatic rings. The fourth-order valence-corrected chi connectivity index (χ4v) is 3.63. The lowest BCUT2D eigenvalue weighted by molar-refractivity contribution is 0.0953. The van der Waals surface area contributed by atoms with Gasteiger partial charge in [-0.05, 0) is 43.0 Å². The normalized spacial score (nSPS) is 15.8. The maximum Gasteiger partial charge on any atom is 0.166 e. The van der Waals surface area contributed by atoms with Crippen molar-refractivity contribution in [2.75, 3.05) is 5.73 Å². The highest BCUT2D eigenvalue weighted by Gasteiger charge is 2.25. The fraction of sp³-hybridized carbons (Fsp3) is 0.348. The molecule has 0 bridgehead atoms. The second-order valence-electron chi connectivity index (χ2n) is 6.85. The molecule has 128 valence electrons. The minimum absolute atomic E-state index is 0.104. The van der Waals surface area contributed by atoms with Crippen molar-refractivity contribution in [1.82, 2.24) is 0 Å². The smallest absolute Gasteiger partial charge is 0.166 e. The first-order valence-electron chi connectivity index (χ1n) is 9.18. The number of para-hydroxylation sites is 1. The van der Waals surface area contributed by atoms with Gasteiger partial charge in [0.1, 0.15) is 0 Å². The van der Waals surface area contributed by atoms with Crippen molar-refractivity contribution in [3.63, 3.8) is 0 Å². The molecule has 3 rings (SSSR count). The first kappa shape index (κ1) is 17.3. The van der Waals surface area contributed by atoms with E-state index in [4.69, 9.17) is 5.73 Å². The summed E-state index contributed by atoms with van der Waals surface area (Å²) < 4.78 is 0. The van der Waals surface area contributed by atoms with E-state index in [1.165, 1.54) is 32.1 Å². The summed E-state index contributed by atoms with van der Waals surface area (Å²) in [5.74, 6) is 7.42. The molecule has 0 unspecified atom stereocenters. The molecule has 1 aliphatic carbocycles. The van der Waals surface area contributed by atoms with Crippen LogP contribution in [-0.4, -0.2) is 5.78 Å².